The molecule has 0 amide bonds. The summed E-state index contributed by atoms with van der Waals surface area (Å²) in [6.45, 7) is 9.46. The molecule has 1 aliphatic heterocycles. The summed E-state index contributed by atoms with van der Waals surface area (Å²) in [5.74, 6) is 1.40. The largest absolute Gasteiger partial charge is 0.316 e. The van der Waals surface area contributed by atoms with E-state index in [-0.39, 0.29) is 0 Å². The highest BCUT2D eigenvalue weighted by Crippen LogP contribution is 2.48. The molecule has 1 heteroatoms. The van der Waals surface area contributed by atoms with Crippen molar-refractivity contribution in [3.8, 4) is 0 Å². The van der Waals surface area contributed by atoms with Crippen molar-refractivity contribution in [1.82, 2.24) is 5.32 Å². The van der Waals surface area contributed by atoms with Crippen LogP contribution in [0.4, 0.5) is 0 Å². The fourth-order valence-electron chi connectivity index (χ4n) is 3.81. The molecule has 2 unspecified atom stereocenters. The Morgan fingerprint density at radius 3 is 2.94 bits per heavy atom. The summed E-state index contributed by atoms with van der Waals surface area (Å²) in [6, 6.07) is 6.96. The van der Waals surface area contributed by atoms with Crippen LogP contribution in [-0.2, 0) is 6.42 Å². The molecule has 3 rings (SSSR count). The molecule has 1 aromatic carbocycles. The average molecular weight is 229 g/mol. The molecule has 0 saturated carbocycles. The Bertz CT molecular complexity index is 435. The van der Waals surface area contributed by atoms with E-state index in [0.717, 1.165) is 5.92 Å². The minimum atomic E-state index is 0.503. The van der Waals surface area contributed by atoms with Crippen molar-refractivity contribution in [3.63, 3.8) is 0 Å². The number of hydrogen-bond acceptors (Lipinski definition) is 1. The minimum Gasteiger partial charge on any atom is -0.316 e. The Kier molecular flexibility index (Phi) is 2.55. The van der Waals surface area contributed by atoms with Gasteiger partial charge in [-0.05, 0) is 40.9 Å². The van der Waals surface area contributed by atoms with Crippen LogP contribution in [0.2, 0.25) is 0 Å². The van der Waals surface area contributed by atoms with E-state index in [0.29, 0.717) is 11.3 Å². The van der Waals surface area contributed by atoms with Crippen LogP contribution in [0.25, 0.3) is 0 Å². The first-order valence-corrected chi connectivity index (χ1v) is 6.94. The number of hydrogen-bond donors (Lipinski definition) is 1. The van der Waals surface area contributed by atoms with E-state index in [9.17, 15) is 0 Å². The maximum atomic E-state index is 3.59. The molecule has 0 radical (unpaired) electrons. The van der Waals surface area contributed by atoms with Crippen molar-refractivity contribution >= 4 is 0 Å². The standard InChI is InChI=1S/C16H23N/c1-11(2)12-5-4-6-14-13(12)7-8-16(3)10-17-9-15(14)16/h4-6,11,15,17H,7-10H2,1-3H3. The molecule has 17 heavy (non-hydrogen) atoms. The van der Waals surface area contributed by atoms with Crippen molar-refractivity contribution in [2.75, 3.05) is 13.1 Å². The summed E-state index contributed by atoms with van der Waals surface area (Å²) in [5.41, 5.74) is 5.38. The Labute approximate surface area is 105 Å². The van der Waals surface area contributed by atoms with Crippen LogP contribution in [0, 0.1) is 5.41 Å². The van der Waals surface area contributed by atoms with Crippen molar-refractivity contribution in [2.45, 2.75) is 45.4 Å². The van der Waals surface area contributed by atoms with Crippen molar-refractivity contribution in [1.29, 1.82) is 0 Å². The van der Waals surface area contributed by atoms with Crippen LogP contribution in [-0.4, -0.2) is 13.1 Å². The van der Waals surface area contributed by atoms with Gasteiger partial charge in [-0.3, -0.25) is 0 Å². The fraction of sp³-hybridized carbons (Fsp3) is 0.625. The maximum absolute atomic E-state index is 3.59. The van der Waals surface area contributed by atoms with Gasteiger partial charge >= 0.3 is 0 Å². The molecule has 2 atom stereocenters. The molecule has 1 aromatic rings. The van der Waals surface area contributed by atoms with Gasteiger partial charge in [-0.15, -0.1) is 0 Å². The Balaban J connectivity index is 2.10. The number of fused-ring (bicyclic) bond motifs is 3. The predicted octanol–water partition coefficient (Wildman–Crippen LogP) is 3.45. The number of benzene rings is 1. The smallest absolute Gasteiger partial charge is 0.00323 e. The number of rotatable bonds is 1. The first kappa shape index (κ1) is 11.3. The van der Waals surface area contributed by atoms with Crippen LogP contribution in [0.5, 0.6) is 0 Å². The fourth-order valence-corrected chi connectivity index (χ4v) is 3.81. The Morgan fingerprint density at radius 2 is 2.18 bits per heavy atom. The van der Waals surface area contributed by atoms with Crippen LogP contribution >= 0.6 is 0 Å². The molecule has 0 bridgehead atoms. The molecular formula is C16H23N. The van der Waals surface area contributed by atoms with Gasteiger partial charge in [-0.1, -0.05) is 39.0 Å². The summed E-state index contributed by atoms with van der Waals surface area (Å²) in [7, 11) is 0. The molecule has 1 nitrogen and oxygen atoms in total. The summed E-state index contributed by atoms with van der Waals surface area (Å²) in [6.07, 6.45) is 2.62. The molecule has 0 spiro atoms. The van der Waals surface area contributed by atoms with Gasteiger partial charge in [-0.2, -0.15) is 0 Å². The first-order chi connectivity index (χ1) is 8.12. The van der Waals surface area contributed by atoms with Gasteiger partial charge in [0.1, 0.15) is 0 Å². The lowest BCUT2D eigenvalue weighted by atomic mass is 9.66. The third kappa shape index (κ3) is 1.63. The average Bonchev–Trinajstić information content (AvgIpc) is 2.70. The second kappa shape index (κ2) is 3.84. The van der Waals surface area contributed by atoms with Gasteiger partial charge in [0.15, 0.2) is 0 Å². The van der Waals surface area contributed by atoms with Gasteiger partial charge < -0.3 is 5.32 Å². The monoisotopic (exact) mass is 229 g/mol. The molecular weight excluding hydrogens is 206 g/mol. The molecule has 2 aliphatic rings. The summed E-state index contributed by atoms with van der Waals surface area (Å²) >= 11 is 0. The molecule has 1 fully saturated rings. The first-order valence-electron chi connectivity index (χ1n) is 6.94. The van der Waals surface area contributed by atoms with Gasteiger partial charge in [0, 0.05) is 19.0 Å². The second-order valence-electron chi connectivity index (χ2n) is 6.41. The zero-order valence-corrected chi connectivity index (χ0v) is 11.2. The topological polar surface area (TPSA) is 12.0 Å². The third-order valence-corrected chi connectivity index (χ3v) is 4.91. The third-order valence-electron chi connectivity index (χ3n) is 4.91. The van der Waals surface area contributed by atoms with Crippen molar-refractivity contribution < 1.29 is 0 Å². The Hall–Kier alpha value is -0.820. The van der Waals surface area contributed by atoms with E-state index < -0.39 is 0 Å². The highest BCUT2D eigenvalue weighted by atomic mass is 14.9. The number of nitrogens with one attached hydrogen (secondary N) is 1. The highest BCUT2D eigenvalue weighted by Gasteiger charge is 2.43. The van der Waals surface area contributed by atoms with Crippen LogP contribution in [0.15, 0.2) is 18.2 Å². The van der Waals surface area contributed by atoms with Crippen molar-refractivity contribution in [3.05, 3.63) is 34.9 Å². The molecule has 0 aromatic heterocycles. The maximum Gasteiger partial charge on any atom is 0.00323 e. The van der Waals surface area contributed by atoms with E-state index in [1.165, 1.54) is 25.9 Å². The van der Waals surface area contributed by atoms with E-state index in [1.54, 1.807) is 16.7 Å². The zero-order valence-electron chi connectivity index (χ0n) is 11.2. The molecule has 1 N–H and O–H groups in total. The van der Waals surface area contributed by atoms with Crippen LogP contribution < -0.4 is 5.32 Å². The lowest BCUT2D eigenvalue weighted by Crippen LogP contribution is -2.30. The van der Waals surface area contributed by atoms with E-state index in [2.05, 4.69) is 44.3 Å². The SMILES string of the molecule is CC(C)c1cccc2c1CCC1(C)CNCC21. The van der Waals surface area contributed by atoms with Gasteiger partial charge in [0.2, 0.25) is 0 Å². The van der Waals surface area contributed by atoms with Crippen LogP contribution in [0.3, 0.4) is 0 Å². The Morgan fingerprint density at radius 1 is 1.35 bits per heavy atom. The highest BCUT2D eigenvalue weighted by molar-refractivity contribution is 5.43. The van der Waals surface area contributed by atoms with Crippen molar-refractivity contribution in [2.24, 2.45) is 5.41 Å². The van der Waals surface area contributed by atoms with E-state index in [1.807, 2.05) is 0 Å². The normalized spacial score (nSPS) is 31.4. The van der Waals surface area contributed by atoms with Crippen LogP contribution in [0.1, 0.15) is 55.7 Å². The molecule has 1 saturated heterocycles. The summed E-state index contributed by atoms with van der Waals surface area (Å²) < 4.78 is 0. The van der Waals surface area contributed by atoms with Gasteiger partial charge in [-0.25, -0.2) is 0 Å². The van der Waals surface area contributed by atoms with Gasteiger partial charge in [0.05, 0.1) is 0 Å². The molecule has 1 heterocycles. The van der Waals surface area contributed by atoms with E-state index >= 15 is 0 Å². The zero-order chi connectivity index (χ0) is 12.0. The predicted molar refractivity (Wildman–Crippen MR) is 72.6 cm³/mol. The minimum absolute atomic E-state index is 0.503. The molecule has 92 valence electrons. The summed E-state index contributed by atoms with van der Waals surface area (Å²) in [5, 5.41) is 3.59. The lowest BCUT2D eigenvalue weighted by Gasteiger charge is -2.38. The summed E-state index contributed by atoms with van der Waals surface area (Å²) in [4.78, 5) is 0. The van der Waals surface area contributed by atoms with Gasteiger partial charge in [0.25, 0.3) is 0 Å². The second-order valence-corrected chi connectivity index (χ2v) is 6.41. The molecule has 1 aliphatic carbocycles. The lowest BCUT2D eigenvalue weighted by molar-refractivity contribution is 0.276. The van der Waals surface area contributed by atoms with E-state index in [4.69, 9.17) is 0 Å². The quantitative estimate of drug-likeness (QED) is 0.777.